The second-order valence-electron chi connectivity index (χ2n) is 8.58. The quantitative estimate of drug-likeness (QED) is 0.429. The third-order valence-corrected chi connectivity index (χ3v) is 5.72. The Hall–Kier alpha value is -3.61. The van der Waals surface area contributed by atoms with Gasteiger partial charge in [-0.2, -0.15) is 0 Å². The Bertz CT molecular complexity index is 1210. The second kappa shape index (κ2) is 9.90. The van der Waals surface area contributed by atoms with Gasteiger partial charge in [-0.25, -0.2) is 9.37 Å². The van der Waals surface area contributed by atoms with Crippen LogP contribution in [0, 0.1) is 11.7 Å². The molecule has 33 heavy (non-hydrogen) atoms. The number of hydrogen-bond acceptors (Lipinski definition) is 5. The molecule has 1 aromatic heterocycles. The van der Waals surface area contributed by atoms with E-state index >= 15 is 0 Å². The molecule has 0 radical (unpaired) electrons. The molecule has 170 valence electrons. The maximum atomic E-state index is 13.8. The van der Waals surface area contributed by atoms with Crippen LogP contribution in [0.2, 0.25) is 0 Å². The summed E-state index contributed by atoms with van der Waals surface area (Å²) in [5, 5.41) is 2.96. The molecule has 2 aromatic carbocycles. The number of nitrogens with one attached hydrogen (secondary N) is 1. The molecular weight excluding hydrogens is 421 g/mol. The summed E-state index contributed by atoms with van der Waals surface area (Å²) in [6, 6.07) is 13.0. The van der Waals surface area contributed by atoms with E-state index in [1.165, 1.54) is 18.3 Å². The molecule has 4 rings (SSSR count). The molecule has 0 bridgehead atoms. The molecular formula is C26H26FN3O3. The Morgan fingerprint density at radius 1 is 1.21 bits per heavy atom. The molecule has 1 aliphatic heterocycles. The fourth-order valence-electron chi connectivity index (χ4n) is 3.99. The topological polar surface area (TPSA) is 81.2 Å². The number of fused-ring (bicyclic) bond motifs is 1. The monoisotopic (exact) mass is 447 g/mol. The van der Waals surface area contributed by atoms with Gasteiger partial charge >= 0.3 is 5.97 Å². The molecule has 0 aliphatic carbocycles. The van der Waals surface area contributed by atoms with Gasteiger partial charge in [-0.05, 0) is 62.9 Å². The maximum absolute atomic E-state index is 13.8. The lowest BCUT2D eigenvalue weighted by Crippen LogP contribution is -2.45. The lowest BCUT2D eigenvalue weighted by molar-refractivity contribution is -0.145. The minimum absolute atomic E-state index is 0.170. The van der Waals surface area contributed by atoms with Gasteiger partial charge in [0.05, 0.1) is 29.2 Å². The summed E-state index contributed by atoms with van der Waals surface area (Å²) < 4.78 is 19.4. The van der Waals surface area contributed by atoms with Crippen molar-refractivity contribution in [2.75, 3.05) is 0 Å². The van der Waals surface area contributed by atoms with Crippen LogP contribution in [0.1, 0.15) is 42.7 Å². The van der Waals surface area contributed by atoms with Gasteiger partial charge in [0.2, 0.25) is 0 Å². The molecule has 7 heteroatoms. The molecule has 3 aromatic rings. The van der Waals surface area contributed by atoms with Gasteiger partial charge in [0, 0.05) is 0 Å². The Morgan fingerprint density at radius 3 is 2.76 bits per heavy atom. The number of allylic oxidation sites excluding steroid dienone is 2. The number of halogens is 1. The van der Waals surface area contributed by atoms with Crippen molar-refractivity contribution in [1.82, 2.24) is 15.3 Å². The van der Waals surface area contributed by atoms with Crippen molar-refractivity contribution in [2.45, 2.75) is 45.3 Å². The number of hydrogen-bond donors (Lipinski definition) is 1. The summed E-state index contributed by atoms with van der Waals surface area (Å²) in [6.45, 7) is 3.96. The summed E-state index contributed by atoms with van der Waals surface area (Å²) >= 11 is 0. The largest absolute Gasteiger partial charge is 0.460 e. The van der Waals surface area contributed by atoms with Crippen molar-refractivity contribution >= 4 is 22.9 Å². The van der Waals surface area contributed by atoms with E-state index in [2.05, 4.69) is 15.3 Å². The normalized spacial score (nSPS) is 18.6. The van der Waals surface area contributed by atoms with E-state index in [0.29, 0.717) is 35.9 Å². The molecule has 6 nitrogen and oxygen atoms in total. The van der Waals surface area contributed by atoms with Gasteiger partial charge in [0.25, 0.3) is 5.91 Å². The summed E-state index contributed by atoms with van der Waals surface area (Å²) in [5.41, 5.74) is 3.31. The summed E-state index contributed by atoms with van der Waals surface area (Å²) in [7, 11) is 0. The van der Waals surface area contributed by atoms with Crippen LogP contribution in [0.4, 0.5) is 4.39 Å². The first kappa shape index (κ1) is 22.6. The SMILES string of the molecule is CC(C)=CC[C@@H]1CC([C@H](Cc2cccc(F)c2)NC(=O)c2cnc3ccccc3n2)OC1=O. The predicted molar refractivity (Wildman–Crippen MR) is 123 cm³/mol. The van der Waals surface area contributed by atoms with Gasteiger partial charge in [0.1, 0.15) is 17.6 Å². The zero-order valence-electron chi connectivity index (χ0n) is 18.6. The molecule has 1 N–H and O–H groups in total. The molecule has 2 heterocycles. The van der Waals surface area contributed by atoms with Crippen LogP contribution in [0.15, 0.2) is 66.4 Å². The van der Waals surface area contributed by atoms with Crippen LogP contribution in [-0.4, -0.2) is 34.0 Å². The fraction of sp³-hybridized carbons (Fsp3) is 0.308. The van der Waals surface area contributed by atoms with Crippen molar-refractivity contribution in [2.24, 2.45) is 5.92 Å². The van der Waals surface area contributed by atoms with E-state index in [-0.39, 0.29) is 23.4 Å². The number of carbonyl (C=O) groups is 2. The maximum Gasteiger partial charge on any atom is 0.309 e. The zero-order valence-corrected chi connectivity index (χ0v) is 18.6. The van der Waals surface area contributed by atoms with E-state index in [0.717, 1.165) is 5.57 Å². The van der Waals surface area contributed by atoms with Gasteiger partial charge < -0.3 is 10.1 Å². The first-order chi connectivity index (χ1) is 15.9. The van der Waals surface area contributed by atoms with Crippen molar-refractivity contribution in [3.63, 3.8) is 0 Å². The number of rotatable bonds is 7. The third-order valence-electron chi connectivity index (χ3n) is 5.72. The van der Waals surface area contributed by atoms with Gasteiger partial charge in [0.15, 0.2) is 0 Å². The highest BCUT2D eigenvalue weighted by Gasteiger charge is 2.39. The molecule has 0 spiro atoms. The lowest BCUT2D eigenvalue weighted by atomic mass is 9.93. The van der Waals surface area contributed by atoms with Crippen molar-refractivity contribution in [1.29, 1.82) is 0 Å². The van der Waals surface area contributed by atoms with E-state index in [1.54, 1.807) is 18.2 Å². The molecule has 1 fully saturated rings. The van der Waals surface area contributed by atoms with E-state index in [4.69, 9.17) is 4.74 Å². The second-order valence-corrected chi connectivity index (χ2v) is 8.58. The Labute approximate surface area is 191 Å². The van der Waals surface area contributed by atoms with Crippen LogP contribution in [0.3, 0.4) is 0 Å². The van der Waals surface area contributed by atoms with Crippen molar-refractivity contribution in [3.05, 3.63) is 83.5 Å². The lowest BCUT2D eigenvalue weighted by Gasteiger charge is -2.24. The fourth-order valence-corrected chi connectivity index (χ4v) is 3.99. The Morgan fingerprint density at radius 2 is 2.00 bits per heavy atom. The highest BCUT2D eigenvalue weighted by molar-refractivity contribution is 5.94. The number of nitrogens with zero attached hydrogens (tertiary/aromatic N) is 2. The first-order valence-corrected chi connectivity index (χ1v) is 11.0. The molecule has 0 saturated carbocycles. The van der Waals surface area contributed by atoms with E-state index in [9.17, 15) is 14.0 Å². The van der Waals surface area contributed by atoms with E-state index in [1.807, 2.05) is 38.1 Å². The standard InChI is InChI=1S/C26H26FN3O3/c1-16(2)10-11-18-14-24(33-26(18)32)22(13-17-6-5-7-19(27)12-17)30-25(31)23-15-28-20-8-3-4-9-21(20)29-23/h3-10,12,15,18,22,24H,11,13-14H2,1-2H3,(H,30,31)/t18-,22+,24?/m1/s1. The highest BCUT2D eigenvalue weighted by atomic mass is 19.1. The molecule has 1 unspecified atom stereocenters. The third kappa shape index (κ3) is 5.61. The van der Waals surface area contributed by atoms with Crippen LogP contribution < -0.4 is 5.32 Å². The zero-order chi connectivity index (χ0) is 23.4. The predicted octanol–water partition coefficient (Wildman–Crippen LogP) is 4.40. The van der Waals surface area contributed by atoms with Crippen LogP contribution in [0.5, 0.6) is 0 Å². The summed E-state index contributed by atoms with van der Waals surface area (Å²) in [6.07, 6.45) is 4.31. The molecule has 1 aliphatic rings. The number of amides is 1. The summed E-state index contributed by atoms with van der Waals surface area (Å²) in [5.74, 6) is -1.32. The number of benzene rings is 2. The average Bonchev–Trinajstić information content (AvgIpc) is 3.17. The minimum Gasteiger partial charge on any atom is -0.460 e. The molecule has 1 saturated heterocycles. The minimum atomic E-state index is -0.534. The first-order valence-electron chi connectivity index (χ1n) is 11.0. The highest BCUT2D eigenvalue weighted by Crippen LogP contribution is 2.28. The summed E-state index contributed by atoms with van der Waals surface area (Å²) in [4.78, 5) is 34.2. The van der Waals surface area contributed by atoms with E-state index < -0.39 is 18.1 Å². The number of esters is 1. The number of aromatic nitrogens is 2. The van der Waals surface area contributed by atoms with Gasteiger partial charge in [-0.15, -0.1) is 0 Å². The van der Waals surface area contributed by atoms with Gasteiger partial charge in [-0.3, -0.25) is 14.6 Å². The number of ether oxygens (including phenoxy) is 1. The van der Waals surface area contributed by atoms with Crippen LogP contribution >= 0.6 is 0 Å². The number of cyclic esters (lactones) is 1. The van der Waals surface area contributed by atoms with Crippen LogP contribution in [0.25, 0.3) is 11.0 Å². The van der Waals surface area contributed by atoms with Crippen LogP contribution in [-0.2, 0) is 16.0 Å². The van der Waals surface area contributed by atoms with Gasteiger partial charge in [-0.1, -0.05) is 35.9 Å². The molecule has 1 amide bonds. The number of carbonyl (C=O) groups excluding carboxylic acids is 2. The Kier molecular flexibility index (Phi) is 6.77. The average molecular weight is 448 g/mol. The Balaban J connectivity index is 1.56. The van der Waals surface area contributed by atoms with Crippen molar-refractivity contribution in [3.8, 4) is 0 Å². The molecule has 3 atom stereocenters. The number of para-hydroxylation sites is 2. The van der Waals surface area contributed by atoms with Crippen molar-refractivity contribution < 1.29 is 18.7 Å². The smallest absolute Gasteiger partial charge is 0.309 e.